The Labute approximate surface area is 220 Å². The van der Waals surface area contributed by atoms with Gasteiger partial charge in [-0.1, -0.05) is 24.3 Å². The fourth-order valence-electron chi connectivity index (χ4n) is 3.76. The van der Waals surface area contributed by atoms with Crippen LogP contribution in [0.25, 0.3) is 10.9 Å². The molecule has 0 saturated carbocycles. The van der Waals surface area contributed by atoms with Crippen molar-refractivity contribution in [3.8, 4) is 5.75 Å². The van der Waals surface area contributed by atoms with Crippen molar-refractivity contribution in [2.24, 2.45) is 0 Å². The van der Waals surface area contributed by atoms with Crippen molar-refractivity contribution in [3.05, 3.63) is 83.8 Å². The molecule has 0 aliphatic rings. The number of rotatable bonds is 10. The number of hydrogen-bond donors (Lipinski definition) is 3. The summed E-state index contributed by atoms with van der Waals surface area (Å²) >= 11 is 0. The largest absolute Gasteiger partial charge is 0.489 e. The molecule has 38 heavy (non-hydrogen) atoms. The highest BCUT2D eigenvalue weighted by atomic mass is 16.5. The first-order valence-corrected chi connectivity index (χ1v) is 12.3. The summed E-state index contributed by atoms with van der Waals surface area (Å²) in [4.78, 5) is 41.6. The van der Waals surface area contributed by atoms with E-state index in [0.29, 0.717) is 34.8 Å². The average Bonchev–Trinajstić information content (AvgIpc) is 3.27. The third-order valence-electron chi connectivity index (χ3n) is 5.46. The Morgan fingerprint density at radius 3 is 2.45 bits per heavy atom. The molecular formula is C28H30N6O4. The van der Waals surface area contributed by atoms with Gasteiger partial charge in [0.25, 0.3) is 11.8 Å². The van der Waals surface area contributed by atoms with Crippen molar-refractivity contribution >= 4 is 34.3 Å². The number of pyridine rings is 1. The van der Waals surface area contributed by atoms with Crippen LogP contribution in [0.4, 0.5) is 5.69 Å². The summed E-state index contributed by atoms with van der Waals surface area (Å²) in [7, 11) is 0. The number of hydrogen-bond acceptors (Lipinski definition) is 6. The molecule has 2 aromatic carbocycles. The average molecular weight is 515 g/mol. The van der Waals surface area contributed by atoms with Crippen LogP contribution in [0.1, 0.15) is 40.4 Å². The first-order chi connectivity index (χ1) is 18.3. The van der Waals surface area contributed by atoms with E-state index in [4.69, 9.17) is 4.74 Å². The molecule has 4 aromatic rings. The molecular weight excluding hydrogens is 484 g/mol. The minimum absolute atomic E-state index is 0.00339. The molecule has 0 radical (unpaired) electrons. The van der Waals surface area contributed by atoms with Crippen molar-refractivity contribution in [2.75, 3.05) is 18.4 Å². The number of amides is 3. The quantitative estimate of drug-likeness (QED) is 0.279. The Morgan fingerprint density at radius 2 is 1.71 bits per heavy atom. The van der Waals surface area contributed by atoms with Gasteiger partial charge in [-0.05, 0) is 51.1 Å². The molecule has 0 unspecified atom stereocenters. The maximum absolute atomic E-state index is 12.8. The van der Waals surface area contributed by atoms with Crippen LogP contribution in [0.3, 0.4) is 0 Å². The maximum Gasteiger partial charge on any atom is 0.274 e. The van der Waals surface area contributed by atoms with E-state index in [1.165, 1.54) is 4.68 Å². The van der Waals surface area contributed by atoms with Gasteiger partial charge in [0.1, 0.15) is 18.0 Å². The monoisotopic (exact) mass is 514 g/mol. The Morgan fingerprint density at radius 1 is 0.947 bits per heavy atom. The Kier molecular flexibility index (Phi) is 8.32. The number of aromatic nitrogens is 3. The van der Waals surface area contributed by atoms with Crippen molar-refractivity contribution in [2.45, 2.75) is 33.4 Å². The van der Waals surface area contributed by atoms with Gasteiger partial charge < -0.3 is 20.7 Å². The van der Waals surface area contributed by atoms with E-state index in [-0.39, 0.29) is 36.9 Å². The summed E-state index contributed by atoms with van der Waals surface area (Å²) in [6.07, 6.45) is 1.60. The molecule has 0 atom stereocenters. The minimum Gasteiger partial charge on any atom is -0.489 e. The summed E-state index contributed by atoms with van der Waals surface area (Å²) in [5.74, 6) is -0.326. The number of nitrogens with zero attached hydrogens (tertiary/aromatic N) is 3. The second-order valence-electron chi connectivity index (χ2n) is 8.99. The zero-order valence-corrected chi connectivity index (χ0v) is 21.5. The molecule has 4 rings (SSSR count). The van der Waals surface area contributed by atoms with E-state index in [0.717, 1.165) is 11.1 Å². The van der Waals surface area contributed by atoms with Gasteiger partial charge in [-0.2, -0.15) is 5.10 Å². The predicted octanol–water partition coefficient (Wildman–Crippen LogP) is 3.33. The fraction of sp³-hybridized carbons (Fsp3) is 0.250. The third-order valence-corrected chi connectivity index (χ3v) is 5.46. The SMILES string of the molecule is Cc1cccc(C(=O)Nc2cc3cn(CC(=O)NCCNC(=O)c4ccccc4)nc3cc2OC(C)C)n1. The van der Waals surface area contributed by atoms with Crippen LogP contribution in [0, 0.1) is 6.92 Å². The van der Waals surface area contributed by atoms with Crippen LogP contribution in [0.2, 0.25) is 0 Å². The van der Waals surface area contributed by atoms with Gasteiger partial charge in [-0.15, -0.1) is 0 Å². The lowest BCUT2D eigenvalue weighted by atomic mass is 10.2. The van der Waals surface area contributed by atoms with Crippen LogP contribution in [-0.4, -0.2) is 51.7 Å². The zero-order chi connectivity index (χ0) is 27.1. The molecule has 0 spiro atoms. The summed E-state index contributed by atoms with van der Waals surface area (Å²) in [5, 5.41) is 13.6. The standard InChI is InChI=1S/C28H30N6O4/c1-18(2)38-25-15-23-21(14-24(25)32-28(37)22-11-7-8-19(3)31-22)16-34(33-23)17-26(35)29-12-13-30-27(36)20-9-5-4-6-10-20/h4-11,14-16,18H,12-13,17H2,1-3H3,(H,29,35)(H,30,36)(H,32,37). The van der Waals surface area contributed by atoms with Crippen molar-refractivity contribution in [3.63, 3.8) is 0 Å². The molecule has 3 N–H and O–H groups in total. The number of anilines is 1. The highest BCUT2D eigenvalue weighted by Gasteiger charge is 2.16. The lowest BCUT2D eigenvalue weighted by Crippen LogP contribution is -2.36. The smallest absolute Gasteiger partial charge is 0.274 e. The lowest BCUT2D eigenvalue weighted by molar-refractivity contribution is -0.121. The van der Waals surface area contributed by atoms with E-state index >= 15 is 0 Å². The van der Waals surface area contributed by atoms with Crippen LogP contribution < -0.4 is 20.7 Å². The van der Waals surface area contributed by atoms with Gasteiger partial charge in [-0.3, -0.25) is 19.1 Å². The molecule has 0 bridgehead atoms. The number of fused-ring (bicyclic) bond motifs is 1. The first kappa shape index (κ1) is 26.3. The van der Waals surface area contributed by atoms with E-state index < -0.39 is 0 Å². The fourth-order valence-corrected chi connectivity index (χ4v) is 3.76. The van der Waals surface area contributed by atoms with Crippen molar-refractivity contribution in [1.29, 1.82) is 0 Å². The topological polar surface area (TPSA) is 127 Å². The minimum atomic E-state index is -0.354. The normalized spacial score (nSPS) is 10.8. The molecule has 0 saturated heterocycles. The van der Waals surface area contributed by atoms with Crippen LogP contribution in [-0.2, 0) is 11.3 Å². The number of carbonyl (C=O) groups is 3. The Balaban J connectivity index is 1.40. The van der Waals surface area contributed by atoms with Gasteiger partial charge in [0.05, 0.1) is 17.3 Å². The molecule has 0 fully saturated rings. The lowest BCUT2D eigenvalue weighted by Gasteiger charge is -2.15. The second kappa shape index (κ2) is 12.0. The van der Waals surface area contributed by atoms with Crippen LogP contribution in [0.15, 0.2) is 66.9 Å². The number of carbonyl (C=O) groups excluding carboxylic acids is 3. The highest BCUT2D eigenvalue weighted by Crippen LogP contribution is 2.31. The van der Waals surface area contributed by atoms with Gasteiger partial charge in [0.2, 0.25) is 5.91 Å². The predicted molar refractivity (Wildman–Crippen MR) is 144 cm³/mol. The molecule has 0 aliphatic heterocycles. The molecule has 2 aromatic heterocycles. The van der Waals surface area contributed by atoms with Gasteiger partial charge >= 0.3 is 0 Å². The molecule has 10 heteroatoms. The van der Waals surface area contributed by atoms with E-state index in [1.54, 1.807) is 54.7 Å². The number of nitrogens with one attached hydrogen (secondary N) is 3. The summed E-state index contributed by atoms with van der Waals surface area (Å²) in [6, 6.07) is 17.6. The first-order valence-electron chi connectivity index (χ1n) is 12.3. The van der Waals surface area contributed by atoms with Crippen LogP contribution >= 0.6 is 0 Å². The van der Waals surface area contributed by atoms with Crippen molar-refractivity contribution in [1.82, 2.24) is 25.4 Å². The number of benzene rings is 2. The number of ether oxygens (including phenoxy) is 1. The summed E-state index contributed by atoms with van der Waals surface area (Å²) in [6.45, 7) is 6.19. The van der Waals surface area contributed by atoms with Crippen molar-refractivity contribution < 1.29 is 19.1 Å². The maximum atomic E-state index is 12.8. The van der Waals surface area contributed by atoms with E-state index in [9.17, 15) is 14.4 Å². The number of aryl methyl sites for hydroxylation is 1. The second-order valence-corrected chi connectivity index (χ2v) is 8.99. The Bertz CT molecular complexity index is 1450. The van der Waals surface area contributed by atoms with Crippen LogP contribution in [0.5, 0.6) is 5.75 Å². The van der Waals surface area contributed by atoms with Gasteiger partial charge in [-0.25, -0.2) is 4.98 Å². The Hall–Kier alpha value is -4.73. The zero-order valence-electron chi connectivity index (χ0n) is 21.5. The molecule has 2 heterocycles. The molecule has 10 nitrogen and oxygen atoms in total. The molecule has 196 valence electrons. The molecule has 3 amide bonds. The van der Waals surface area contributed by atoms with Gasteiger partial charge in [0.15, 0.2) is 0 Å². The van der Waals surface area contributed by atoms with E-state index in [1.807, 2.05) is 32.9 Å². The highest BCUT2D eigenvalue weighted by molar-refractivity contribution is 6.05. The van der Waals surface area contributed by atoms with E-state index in [2.05, 4.69) is 26.0 Å². The third kappa shape index (κ3) is 6.94. The summed E-state index contributed by atoms with van der Waals surface area (Å²) < 4.78 is 7.45. The summed E-state index contributed by atoms with van der Waals surface area (Å²) in [5.41, 5.74) is 2.71. The molecule has 0 aliphatic carbocycles. The van der Waals surface area contributed by atoms with Gasteiger partial charge in [0, 0.05) is 42.0 Å².